The van der Waals surface area contributed by atoms with E-state index in [1.54, 1.807) is 0 Å². The highest BCUT2D eigenvalue weighted by atomic mass is 35.5. The lowest BCUT2D eigenvalue weighted by Crippen LogP contribution is -2.29. The molecule has 5 nitrogen and oxygen atoms in total. The molecule has 7 heteroatoms. The summed E-state index contributed by atoms with van der Waals surface area (Å²) in [6.07, 6.45) is 3.20. The SMILES string of the molecule is O=S(=O)(NC[C@H](c1ccccc1)c1c[nH]c2ccccc12)c1ccc(Cl)nc1. The van der Waals surface area contributed by atoms with E-state index in [0.29, 0.717) is 0 Å². The monoisotopic (exact) mass is 411 g/mol. The minimum absolute atomic E-state index is 0.0858. The van der Waals surface area contributed by atoms with Crippen LogP contribution in [0.25, 0.3) is 10.9 Å². The van der Waals surface area contributed by atoms with Gasteiger partial charge in [-0.1, -0.05) is 60.1 Å². The Bertz CT molecular complexity index is 1190. The summed E-state index contributed by atoms with van der Waals surface area (Å²) in [4.78, 5) is 7.22. The molecule has 4 rings (SSSR count). The Hall–Kier alpha value is -2.67. The van der Waals surface area contributed by atoms with Crippen LogP contribution >= 0.6 is 11.6 Å². The van der Waals surface area contributed by atoms with Crippen LogP contribution in [0.4, 0.5) is 0 Å². The number of hydrogen-bond acceptors (Lipinski definition) is 3. The summed E-state index contributed by atoms with van der Waals surface area (Å²) >= 11 is 5.76. The molecule has 142 valence electrons. The van der Waals surface area contributed by atoms with Gasteiger partial charge in [-0.25, -0.2) is 18.1 Å². The highest BCUT2D eigenvalue weighted by Gasteiger charge is 2.22. The number of halogens is 1. The molecule has 1 atom stereocenters. The molecule has 0 radical (unpaired) electrons. The fourth-order valence-corrected chi connectivity index (χ4v) is 4.38. The predicted molar refractivity (Wildman–Crippen MR) is 111 cm³/mol. The molecule has 0 saturated heterocycles. The predicted octanol–water partition coefficient (Wildman–Crippen LogP) is 4.33. The third-order valence-electron chi connectivity index (χ3n) is 4.69. The van der Waals surface area contributed by atoms with E-state index < -0.39 is 10.0 Å². The minimum atomic E-state index is -3.71. The van der Waals surface area contributed by atoms with Crippen molar-refractivity contribution in [3.63, 3.8) is 0 Å². The maximum atomic E-state index is 12.7. The average molecular weight is 412 g/mol. The Labute approximate surface area is 168 Å². The van der Waals surface area contributed by atoms with Gasteiger partial charge in [0.2, 0.25) is 10.0 Å². The largest absolute Gasteiger partial charge is 0.361 e. The number of rotatable bonds is 6. The second-order valence-electron chi connectivity index (χ2n) is 6.42. The van der Waals surface area contributed by atoms with Gasteiger partial charge in [-0.3, -0.25) is 0 Å². The second kappa shape index (κ2) is 7.75. The second-order valence-corrected chi connectivity index (χ2v) is 8.58. The summed E-state index contributed by atoms with van der Waals surface area (Å²) in [5.74, 6) is -0.146. The first kappa shape index (κ1) is 18.7. The molecule has 0 aliphatic carbocycles. The summed E-state index contributed by atoms with van der Waals surface area (Å²) in [5, 5.41) is 1.32. The summed E-state index contributed by atoms with van der Waals surface area (Å²) < 4.78 is 28.1. The van der Waals surface area contributed by atoms with E-state index in [-0.39, 0.29) is 22.5 Å². The van der Waals surface area contributed by atoms with Gasteiger partial charge in [0.25, 0.3) is 0 Å². The van der Waals surface area contributed by atoms with E-state index in [1.165, 1.54) is 18.3 Å². The molecule has 2 aromatic heterocycles. The van der Waals surface area contributed by atoms with Crippen LogP contribution < -0.4 is 4.72 Å². The summed E-state index contributed by atoms with van der Waals surface area (Å²) in [7, 11) is -3.71. The average Bonchev–Trinajstić information content (AvgIpc) is 3.13. The van der Waals surface area contributed by atoms with E-state index in [4.69, 9.17) is 11.6 Å². The van der Waals surface area contributed by atoms with Crippen LogP contribution in [-0.4, -0.2) is 24.9 Å². The number of pyridine rings is 1. The van der Waals surface area contributed by atoms with E-state index >= 15 is 0 Å². The molecule has 0 spiro atoms. The van der Waals surface area contributed by atoms with Gasteiger partial charge in [0.15, 0.2) is 0 Å². The van der Waals surface area contributed by atoms with E-state index in [0.717, 1.165) is 22.0 Å². The zero-order chi connectivity index (χ0) is 19.6. The van der Waals surface area contributed by atoms with Crippen molar-refractivity contribution in [3.05, 3.63) is 95.4 Å². The molecule has 2 aromatic carbocycles. The Kier molecular flexibility index (Phi) is 5.17. The van der Waals surface area contributed by atoms with Gasteiger partial charge < -0.3 is 4.98 Å². The van der Waals surface area contributed by atoms with Crippen molar-refractivity contribution in [2.45, 2.75) is 10.8 Å². The van der Waals surface area contributed by atoms with Crippen molar-refractivity contribution in [2.75, 3.05) is 6.54 Å². The number of benzene rings is 2. The van der Waals surface area contributed by atoms with Crippen molar-refractivity contribution >= 4 is 32.5 Å². The maximum absolute atomic E-state index is 12.7. The highest BCUT2D eigenvalue weighted by Crippen LogP contribution is 2.30. The van der Waals surface area contributed by atoms with Crippen molar-refractivity contribution in [1.29, 1.82) is 0 Å². The van der Waals surface area contributed by atoms with Gasteiger partial charge in [-0.05, 0) is 29.3 Å². The van der Waals surface area contributed by atoms with Crippen LogP contribution in [0.2, 0.25) is 5.15 Å². The lowest BCUT2D eigenvalue weighted by molar-refractivity contribution is 0.577. The van der Waals surface area contributed by atoms with Gasteiger partial charge >= 0.3 is 0 Å². The molecular weight excluding hydrogens is 394 g/mol. The Morgan fingerprint density at radius 3 is 2.50 bits per heavy atom. The van der Waals surface area contributed by atoms with E-state index in [2.05, 4.69) is 14.7 Å². The van der Waals surface area contributed by atoms with Crippen LogP contribution in [0.15, 0.2) is 84.0 Å². The molecule has 0 unspecified atom stereocenters. The van der Waals surface area contributed by atoms with E-state index in [1.807, 2.05) is 60.8 Å². The molecule has 0 fully saturated rings. The topological polar surface area (TPSA) is 74.8 Å². The first-order chi connectivity index (χ1) is 13.5. The summed E-state index contributed by atoms with van der Waals surface area (Å²) in [6.45, 7) is 0.219. The third kappa shape index (κ3) is 3.80. The number of nitrogens with zero attached hydrogens (tertiary/aromatic N) is 1. The Morgan fingerprint density at radius 1 is 1.00 bits per heavy atom. The smallest absolute Gasteiger partial charge is 0.242 e. The molecule has 0 saturated carbocycles. The van der Waals surface area contributed by atoms with E-state index in [9.17, 15) is 8.42 Å². The molecule has 4 aromatic rings. The zero-order valence-electron chi connectivity index (χ0n) is 14.8. The number of aromatic nitrogens is 2. The number of nitrogens with one attached hydrogen (secondary N) is 2. The Morgan fingerprint density at radius 2 is 1.75 bits per heavy atom. The van der Waals surface area contributed by atoms with Crippen molar-refractivity contribution in [2.24, 2.45) is 0 Å². The Balaban J connectivity index is 1.68. The number of hydrogen-bond donors (Lipinski definition) is 2. The minimum Gasteiger partial charge on any atom is -0.361 e. The maximum Gasteiger partial charge on any atom is 0.242 e. The lowest BCUT2D eigenvalue weighted by Gasteiger charge is -2.18. The lowest BCUT2D eigenvalue weighted by atomic mass is 9.91. The zero-order valence-corrected chi connectivity index (χ0v) is 16.4. The highest BCUT2D eigenvalue weighted by molar-refractivity contribution is 7.89. The molecule has 0 aliphatic heterocycles. The van der Waals surface area contributed by atoms with Crippen LogP contribution in [0.5, 0.6) is 0 Å². The van der Waals surface area contributed by atoms with Crippen LogP contribution in [0.1, 0.15) is 17.0 Å². The number of para-hydroxylation sites is 1. The fraction of sp³-hybridized carbons (Fsp3) is 0.0952. The molecular formula is C21H18ClN3O2S. The van der Waals surface area contributed by atoms with Crippen LogP contribution in [-0.2, 0) is 10.0 Å². The first-order valence-electron chi connectivity index (χ1n) is 8.77. The van der Waals surface area contributed by atoms with Crippen molar-refractivity contribution in [3.8, 4) is 0 Å². The molecule has 2 heterocycles. The number of fused-ring (bicyclic) bond motifs is 1. The first-order valence-corrected chi connectivity index (χ1v) is 10.6. The van der Waals surface area contributed by atoms with Gasteiger partial charge in [0, 0.05) is 35.8 Å². The van der Waals surface area contributed by atoms with Crippen LogP contribution in [0, 0.1) is 0 Å². The molecule has 2 N–H and O–H groups in total. The number of sulfonamides is 1. The molecule has 0 aliphatic rings. The summed E-state index contributed by atoms with van der Waals surface area (Å²) in [6, 6.07) is 20.8. The quantitative estimate of drug-likeness (QED) is 0.464. The molecule has 0 amide bonds. The van der Waals surface area contributed by atoms with Gasteiger partial charge in [0.1, 0.15) is 10.0 Å². The van der Waals surface area contributed by atoms with Gasteiger partial charge in [0.05, 0.1) is 0 Å². The van der Waals surface area contributed by atoms with Crippen molar-refractivity contribution < 1.29 is 8.42 Å². The third-order valence-corrected chi connectivity index (χ3v) is 6.32. The standard InChI is InChI=1S/C21H18ClN3O2S/c22-21-11-10-16(12-24-21)28(26,27)25-14-18(15-6-2-1-3-7-15)19-13-23-20-9-5-4-8-17(19)20/h1-13,18,23,25H,14H2/t18-/m1/s1. The molecule has 28 heavy (non-hydrogen) atoms. The summed E-state index contributed by atoms with van der Waals surface area (Å²) in [5.41, 5.74) is 3.09. The molecule has 0 bridgehead atoms. The van der Waals surface area contributed by atoms with Gasteiger partial charge in [-0.15, -0.1) is 0 Å². The number of H-pyrrole nitrogens is 1. The van der Waals surface area contributed by atoms with Crippen molar-refractivity contribution in [1.82, 2.24) is 14.7 Å². The number of aromatic amines is 1. The normalized spacial score (nSPS) is 12.9. The fourth-order valence-electron chi connectivity index (χ4n) is 3.27. The van der Waals surface area contributed by atoms with Gasteiger partial charge in [-0.2, -0.15) is 0 Å². The van der Waals surface area contributed by atoms with Crippen LogP contribution in [0.3, 0.4) is 0 Å².